The summed E-state index contributed by atoms with van der Waals surface area (Å²) in [5.74, 6) is -0.381. The van der Waals surface area contributed by atoms with E-state index >= 15 is 0 Å². The van der Waals surface area contributed by atoms with E-state index < -0.39 is 12.1 Å². The van der Waals surface area contributed by atoms with Crippen LogP contribution in [0.5, 0.6) is 0 Å². The fourth-order valence-electron chi connectivity index (χ4n) is 2.22. The molecule has 0 aliphatic rings. The fraction of sp³-hybridized carbons (Fsp3) is 0.562. The van der Waals surface area contributed by atoms with Crippen LogP contribution in [-0.2, 0) is 4.79 Å². The molecule has 4 nitrogen and oxygen atoms in total. The van der Waals surface area contributed by atoms with Crippen LogP contribution in [-0.4, -0.2) is 28.8 Å². The second kappa shape index (κ2) is 8.02. The van der Waals surface area contributed by atoms with Gasteiger partial charge < -0.3 is 15.5 Å². The Bertz CT molecular complexity index is 414. The number of carbonyl (C=O) groups is 1. The summed E-state index contributed by atoms with van der Waals surface area (Å²) in [5, 5.41) is 22.3. The lowest BCUT2D eigenvalue weighted by Crippen LogP contribution is -2.35. The van der Waals surface area contributed by atoms with E-state index in [2.05, 4.69) is 19.2 Å². The van der Waals surface area contributed by atoms with E-state index in [-0.39, 0.29) is 12.5 Å². The second-order valence-corrected chi connectivity index (χ2v) is 5.36. The van der Waals surface area contributed by atoms with E-state index in [1.165, 1.54) is 5.56 Å². The van der Waals surface area contributed by atoms with Crippen molar-refractivity contribution in [1.29, 1.82) is 0 Å². The summed E-state index contributed by atoms with van der Waals surface area (Å²) in [6.07, 6.45) is -0.217. The summed E-state index contributed by atoms with van der Waals surface area (Å²) in [6.45, 7) is 6.90. The van der Waals surface area contributed by atoms with Crippen molar-refractivity contribution in [1.82, 2.24) is 5.32 Å². The van der Waals surface area contributed by atoms with Gasteiger partial charge in [-0.2, -0.15) is 0 Å². The molecule has 0 saturated heterocycles. The number of carboxylic acid groups (broad SMARTS) is 1. The summed E-state index contributed by atoms with van der Waals surface area (Å²) < 4.78 is 0. The zero-order valence-electron chi connectivity index (χ0n) is 12.5. The van der Waals surface area contributed by atoms with Crippen molar-refractivity contribution < 1.29 is 15.0 Å². The minimum absolute atomic E-state index is 0.0544. The Morgan fingerprint density at radius 1 is 1.20 bits per heavy atom. The van der Waals surface area contributed by atoms with Crippen LogP contribution < -0.4 is 5.32 Å². The van der Waals surface area contributed by atoms with E-state index in [9.17, 15) is 9.90 Å². The van der Waals surface area contributed by atoms with Crippen molar-refractivity contribution in [2.45, 2.75) is 51.7 Å². The molecule has 0 spiro atoms. The van der Waals surface area contributed by atoms with Crippen LogP contribution in [0.25, 0.3) is 0 Å². The van der Waals surface area contributed by atoms with E-state index in [4.69, 9.17) is 5.11 Å². The lowest BCUT2D eigenvalue weighted by Gasteiger charge is -2.24. The first-order chi connectivity index (χ1) is 9.45. The van der Waals surface area contributed by atoms with Crippen LogP contribution in [0, 0.1) is 0 Å². The van der Waals surface area contributed by atoms with Gasteiger partial charge in [-0.15, -0.1) is 0 Å². The molecule has 0 aliphatic carbocycles. The van der Waals surface area contributed by atoms with E-state index in [1.54, 1.807) is 0 Å². The third-order valence-corrected chi connectivity index (χ3v) is 3.46. The number of likely N-dealkylation sites (N-methyl/N-ethyl adjacent to an activating group) is 1. The molecule has 112 valence electrons. The molecule has 3 N–H and O–H groups in total. The summed E-state index contributed by atoms with van der Waals surface area (Å²) in [4.78, 5) is 10.7. The lowest BCUT2D eigenvalue weighted by molar-refractivity contribution is -0.137. The first-order valence-electron chi connectivity index (χ1n) is 7.18. The molecule has 0 bridgehead atoms. The number of hydrogen-bond acceptors (Lipinski definition) is 3. The maximum Gasteiger partial charge on any atom is 0.303 e. The molecule has 0 aliphatic heterocycles. The molecule has 1 aromatic carbocycles. The largest absolute Gasteiger partial charge is 0.481 e. The van der Waals surface area contributed by atoms with Crippen molar-refractivity contribution in [3.8, 4) is 0 Å². The van der Waals surface area contributed by atoms with Gasteiger partial charge in [0.15, 0.2) is 0 Å². The minimum atomic E-state index is -0.838. The number of aliphatic hydroxyl groups excluding tert-OH is 1. The molecular formula is C16H25NO3. The first kappa shape index (κ1) is 16.7. The molecular weight excluding hydrogens is 254 g/mol. The highest BCUT2D eigenvalue weighted by molar-refractivity contribution is 5.66. The zero-order chi connectivity index (χ0) is 15.1. The Balaban J connectivity index is 2.76. The predicted molar refractivity (Wildman–Crippen MR) is 79.8 cm³/mol. The van der Waals surface area contributed by atoms with Crippen LogP contribution in [0.4, 0.5) is 0 Å². The number of aliphatic carboxylic acids is 1. The van der Waals surface area contributed by atoms with Crippen molar-refractivity contribution in [2.24, 2.45) is 0 Å². The second-order valence-electron chi connectivity index (χ2n) is 5.36. The highest BCUT2D eigenvalue weighted by atomic mass is 16.4. The molecule has 0 heterocycles. The Hall–Kier alpha value is -1.39. The molecule has 0 amide bonds. The normalized spacial score (nSPS) is 14.2. The maximum atomic E-state index is 10.7. The summed E-state index contributed by atoms with van der Waals surface area (Å²) in [6, 6.07) is 7.64. The van der Waals surface area contributed by atoms with Crippen molar-refractivity contribution in [2.75, 3.05) is 6.54 Å². The van der Waals surface area contributed by atoms with Gasteiger partial charge in [0.05, 0.1) is 6.10 Å². The highest BCUT2D eigenvalue weighted by Gasteiger charge is 2.20. The van der Waals surface area contributed by atoms with Gasteiger partial charge in [-0.3, -0.25) is 4.79 Å². The van der Waals surface area contributed by atoms with Gasteiger partial charge in [0.1, 0.15) is 0 Å². The molecule has 1 aromatic rings. The third-order valence-electron chi connectivity index (χ3n) is 3.46. The quantitative estimate of drug-likeness (QED) is 0.684. The van der Waals surface area contributed by atoms with Gasteiger partial charge in [0.25, 0.3) is 0 Å². The molecule has 2 unspecified atom stereocenters. The molecule has 0 radical (unpaired) electrons. The molecule has 0 aromatic heterocycles. The van der Waals surface area contributed by atoms with E-state index in [0.29, 0.717) is 18.9 Å². The Kier molecular flexibility index (Phi) is 6.68. The van der Waals surface area contributed by atoms with Crippen LogP contribution in [0.15, 0.2) is 24.3 Å². The number of rotatable bonds is 8. The highest BCUT2D eigenvalue weighted by Crippen LogP contribution is 2.22. The van der Waals surface area contributed by atoms with Gasteiger partial charge >= 0.3 is 5.97 Å². The summed E-state index contributed by atoms with van der Waals surface area (Å²) in [7, 11) is 0. The molecule has 1 rings (SSSR count). The average Bonchev–Trinajstić information content (AvgIpc) is 2.42. The summed E-state index contributed by atoms with van der Waals surface area (Å²) >= 11 is 0. The molecule has 4 heteroatoms. The van der Waals surface area contributed by atoms with Gasteiger partial charge in [-0.1, -0.05) is 45.0 Å². The number of hydrogen-bond donors (Lipinski definition) is 3. The molecule has 2 atom stereocenters. The van der Waals surface area contributed by atoms with Crippen molar-refractivity contribution >= 4 is 5.97 Å². The van der Waals surface area contributed by atoms with Gasteiger partial charge in [0.2, 0.25) is 0 Å². The average molecular weight is 279 g/mol. The van der Waals surface area contributed by atoms with Gasteiger partial charge in [-0.25, -0.2) is 0 Å². The standard InChI is InChI=1S/C16H25NO3/c1-4-17-14(9-10-15(18)19)16(20)13-7-5-12(6-8-13)11(2)3/h5-8,11,14,16-17,20H,4,9-10H2,1-3H3,(H,18,19). The number of carboxylic acids is 1. The van der Waals surface area contributed by atoms with Crippen LogP contribution in [0.3, 0.4) is 0 Å². The third kappa shape index (κ3) is 4.94. The topological polar surface area (TPSA) is 69.6 Å². The lowest BCUT2D eigenvalue weighted by atomic mass is 9.95. The maximum absolute atomic E-state index is 10.7. The van der Waals surface area contributed by atoms with Crippen molar-refractivity contribution in [3.63, 3.8) is 0 Å². The van der Waals surface area contributed by atoms with Crippen molar-refractivity contribution in [3.05, 3.63) is 35.4 Å². The SMILES string of the molecule is CCNC(CCC(=O)O)C(O)c1ccc(C(C)C)cc1. The molecule has 0 fully saturated rings. The summed E-state index contributed by atoms with van der Waals surface area (Å²) in [5.41, 5.74) is 2.05. The Labute approximate surface area is 120 Å². The Morgan fingerprint density at radius 3 is 2.20 bits per heavy atom. The Morgan fingerprint density at radius 2 is 1.75 bits per heavy atom. The smallest absolute Gasteiger partial charge is 0.303 e. The number of aliphatic hydroxyl groups is 1. The molecule has 0 saturated carbocycles. The number of nitrogens with one attached hydrogen (secondary N) is 1. The zero-order valence-corrected chi connectivity index (χ0v) is 12.5. The van der Waals surface area contributed by atoms with Crippen LogP contribution in [0.1, 0.15) is 56.8 Å². The predicted octanol–water partition coefficient (Wildman–Crippen LogP) is 2.69. The van der Waals surface area contributed by atoms with Gasteiger partial charge in [-0.05, 0) is 30.0 Å². The number of benzene rings is 1. The monoisotopic (exact) mass is 279 g/mol. The first-order valence-corrected chi connectivity index (χ1v) is 7.18. The van der Waals surface area contributed by atoms with Crippen LogP contribution >= 0.6 is 0 Å². The molecule has 20 heavy (non-hydrogen) atoms. The van der Waals surface area contributed by atoms with Gasteiger partial charge in [0, 0.05) is 12.5 Å². The fourth-order valence-corrected chi connectivity index (χ4v) is 2.22. The van der Waals surface area contributed by atoms with E-state index in [0.717, 1.165) is 5.56 Å². The van der Waals surface area contributed by atoms with E-state index in [1.807, 2.05) is 31.2 Å². The van der Waals surface area contributed by atoms with Crippen LogP contribution in [0.2, 0.25) is 0 Å². The minimum Gasteiger partial charge on any atom is -0.481 e.